The molecule has 0 aromatic heterocycles. The van der Waals surface area contributed by atoms with Crippen LogP contribution in [0, 0.1) is 6.92 Å². The Morgan fingerprint density at radius 2 is 2.12 bits per heavy atom. The van der Waals surface area contributed by atoms with E-state index in [1.807, 2.05) is 13.0 Å². The Bertz CT molecular complexity index is 342. The van der Waals surface area contributed by atoms with Gasteiger partial charge in [0.1, 0.15) is 5.75 Å². The SMILES string of the molecule is COCCCC(NN)c1ccc(C)c(OC)c1. The molecule has 0 radical (unpaired) electrons. The number of nitrogens with two attached hydrogens (primary N) is 1. The molecular weight excluding hydrogens is 216 g/mol. The lowest BCUT2D eigenvalue weighted by Crippen LogP contribution is -2.28. The van der Waals surface area contributed by atoms with Crippen LogP contribution in [0.2, 0.25) is 0 Å². The number of aryl methyl sites for hydroxylation is 1. The molecule has 1 atom stereocenters. The molecule has 0 fully saturated rings. The highest BCUT2D eigenvalue weighted by molar-refractivity contribution is 5.37. The fraction of sp³-hybridized carbons (Fsp3) is 0.538. The van der Waals surface area contributed by atoms with Crippen molar-refractivity contribution in [2.24, 2.45) is 5.84 Å². The van der Waals surface area contributed by atoms with Gasteiger partial charge in [-0.1, -0.05) is 12.1 Å². The molecule has 0 aliphatic rings. The minimum atomic E-state index is 0.139. The first-order valence-electron chi connectivity index (χ1n) is 5.82. The maximum absolute atomic E-state index is 5.58. The van der Waals surface area contributed by atoms with Crippen LogP contribution in [0.25, 0.3) is 0 Å². The second kappa shape index (κ2) is 7.27. The summed E-state index contributed by atoms with van der Waals surface area (Å²) < 4.78 is 10.4. The molecule has 17 heavy (non-hydrogen) atoms. The van der Waals surface area contributed by atoms with Crippen molar-refractivity contribution in [2.75, 3.05) is 20.8 Å². The molecule has 0 aliphatic carbocycles. The zero-order valence-electron chi connectivity index (χ0n) is 10.8. The van der Waals surface area contributed by atoms with E-state index in [0.717, 1.165) is 36.3 Å². The van der Waals surface area contributed by atoms with Gasteiger partial charge in [-0.05, 0) is 37.0 Å². The van der Waals surface area contributed by atoms with Crippen molar-refractivity contribution in [1.29, 1.82) is 0 Å². The van der Waals surface area contributed by atoms with Crippen LogP contribution in [0.3, 0.4) is 0 Å². The molecule has 1 unspecified atom stereocenters. The van der Waals surface area contributed by atoms with Gasteiger partial charge < -0.3 is 9.47 Å². The van der Waals surface area contributed by atoms with Crippen molar-refractivity contribution in [1.82, 2.24) is 5.43 Å². The lowest BCUT2D eigenvalue weighted by Gasteiger charge is -2.17. The third-order valence-electron chi connectivity index (χ3n) is 2.88. The monoisotopic (exact) mass is 238 g/mol. The van der Waals surface area contributed by atoms with Crippen molar-refractivity contribution in [3.63, 3.8) is 0 Å². The lowest BCUT2D eigenvalue weighted by molar-refractivity contribution is 0.189. The highest BCUT2D eigenvalue weighted by Gasteiger charge is 2.11. The van der Waals surface area contributed by atoms with E-state index in [1.165, 1.54) is 0 Å². The summed E-state index contributed by atoms with van der Waals surface area (Å²) in [7, 11) is 3.39. The third kappa shape index (κ3) is 4.00. The molecule has 4 nitrogen and oxygen atoms in total. The summed E-state index contributed by atoms with van der Waals surface area (Å²) in [6.07, 6.45) is 1.91. The number of methoxy groups -OCH3 is 2. The molecular formula is C13H22N2O2. The largest absolute Gasteiger partial charge is 0.496 e. The second-order valence-electron chi connectivity index (χ2n) is 4.08. The molecule has 1 aromatic carbocycles. The predicted octanol–water partition coefficient (Wildman–Crippen LogP) is 1.93. The molecule has 3 N–H and O–H groups in total. The molecule has 0 heterocycles. The Hall–Kier alpha value is -1.10. The molecule has 1 rings (SSSR count). The highest BCUT2D eigenvalue weighted by atomic mass is 16.5. The first-order chi connectivity index (χ1) is 8.22. The molecule has 0 saturated carbocycles. The summed E-state index contributed by atoms with van der Waals surface area (Å²) >= 11 is 0. The van der Waals surface area contributed by atoms with Crippen LogP contribution in [0.1, 0.15) is 30.0 Å². The van der Waals surface area contributed by atoms with Crippen molar-refractivity contribution in [2.45, 2.75) is 25.8 Å². The quantitative estimate of drug-likeness (QED) is 0.433. The predicted molar refractivity (Wildman–Crippen MR) is 68.9 cm³/mol. The maximum atomic E-state index is 5.58. The zero-order chi connectivity index (χ0) is 12.7. The number of hydrazine groups is 1. The first kappa shape index (κ1) is 14.0. The summed E-state index contributed by atoms with van der Waals surface area (Å²) in [6.45, 7) is 2.78. The molecule has 0 saturated heterocycles. The number of benzene rings is 1. The minimum Gasteiger partial charge on any atom is -0.496 e. The van der Waals surface area contributed by atoms with Gasteiger partial charge >= 0.3 is 0 Å². The molecule has 96 valence electrons. The van der Waals surface area contributed by atoms with E-state index in [1.54, 1.807) is 14.2 Å². The average molecular weight is 238 g/mol. The Kier molecular flexibility index (Phi) is 5.97. The van der Waals surface area contributed by atoms with Crippen LogP contribution in [-0.2, 0) is 4.74 Å². The van der Waals surface area contributed by atoms with Gasteiger partial charge in [0.15, 0.2) is 0 Å². The zero-order valence-corrected chi connectivity index (χ0v) is 10.8. The van der Waals surface area contributed by atoms with E-state index in [4.69, 9.17) is 15.3 Å². The molecule has 1 aromatic rings. The van der Waals surface area contributed by atoms with Crippen molar-refractivity contribution in [3.05, 3.63) is 29.3 Å². The van der Waals surface area contributed by atoms with Crippen LogP contribution in [0.4, 0.5) is 0 Å². The van der Waals surface area contributed by atoms with Crippen LogP contribution in [0.5, 0.6) is 5.75 Å². The van der Waals surface area contributed by atoms with Crippen LogP contribution < -0.4 is 16.0 Å². The standard InChI is InChI=1S/C13H22N2O2/c1-10-6-7-11(9-13(10)17-3)12(15-14)5-4-8-16-2/h6-7,9,12,15H,4-5,8,14H2,1-3H3. The Morgan fingerprint density at radius 1 is 1.35 bits per heavy atom. The number of ether oxygens (including phenoxy) is 2. The minimum absolute atomic E-state index is 0.139. The van der Waals surface area contributed by atoms with Gasteiger partial charge in [-0.3, -0.25) is 11.3 Å². The van der Waals surface area contributed by atoms with Crippen molar-refractivity contribution in [3.8, 4) is 5.75 Å². The number of hydrogen-bond donors (Lipinski definition) is 2. The normalized spacial score (nSPS) is 12.5. The average Bonchev–Trinajstić information content (AvgIpc) is 2.36. The molecule has 0 aliphatic heterocycles. The van der Waals surface area contributed by atoms with Crippen LogP contribution >= 0.6 is 0 Å². The fourth-order valence-electron chi connectivity index (χ4n) is 1.83. The Balaban J connectivity index is 2.73. The van der Waals surface area contributed by atoms with Gasteiger partial charge in [0.05, 0.1) is 7.11 Å². The summed E-state index contributed by atoms with van der Waals surface area (Å²) in [5.41, 5.74) is 5.11. The Labute approximate surface area is 103 Å². The lowest BCUT2D eigenvalue weighted by atomic mass is 10.0. The summed E-state index contributed by atoms with van der Waals surface area (Å²) in [4.78, 5) is 0. The fourth-order valence-corrected chi connectivity index (χ4v) is 1.83. The van der Waals surface area contributed by atoms with Crippen molar-refractivity contribution >= 4 is 0 Å². The smallest absolute Gasteiger partial charge is 0.122 e. The summed E-state index contributed by atoms with van der Waals surface area (Å²) in [5, 5.41) is 0. The first-order valence-corrected chi connectivity index (χ1v) is 5.82. The van der Waals surface area contributed by atoms with Gasteiger partial charge in [-0.15, -0.1) is 0 Å². The van der Waals surface area contributed by atoms with E-state index in [-0.39, 0.29) is 6.04 Å². The maximum Gasteiger partial charge on any atom is 0.122 e. The van der Waals surface area contributed by atoms with Crippen LogP contribution in [0.15, 0.2) is 18.2 Å². The Morgan fingerprint density at radius 3 is 2.71 bits per heavy atom. The van der Waals surface area contributed by atoms with Gasteiger partial charge in [0.25, 0.3) is 0 Å². The topological polar surface area (TPSA) is 56.5 Å². The van der Waals surface area contributed by atoms with E-state index >= 15 is 0 Å². The van der Waals surface area contributed by atoms with Gasteiger partial charge in [0.2, 0.25) is 0 Å². The van der Waals surface area contributed by atoms with Crippen molar-refractivity contribution < 1.29 is 9.47 Å². The van der Waals surface area contributed by atoms with E-state index in [9.17, 15) is 0 Å². The highest BCUT2D eigenvalue weighted by Crippen LogP contribution is 2.25. The summed E-state index contributed by atoms with van der Waals surface area (Å²) in [5.74, 6) is 6.48. The van der Waals surface area contributed by atoms with Gasteiger partial charge in [-0.2, -0.15) is 0 Å². The van der Waals surface area contributed by atoms with Gasteiger partial charge in [-0.25, -0.2) is 0 Å². The molecule has 0 bridgehead atoms. The number of hydrogen-bond acceptors (Lipinski definition) is 4. The van der Waals surface area contributed by atoms with E-state index in [2.05, 4.69) is 17.6 Å². The number of nitrogens with one attached hydrogen (secondary N) is 1. The molecule has 0 spiro atoms. The molecule has 0 amide bonds. The van der Waals surface area contributed by atoms with Gasteiger partial charge in [0, 0.05) is 19.8 Å². The van der Waals surface area contributed by atoms with E-state index in [0.29, 0.717) is 0 Å². The van der Waals surface area contributed by atoms with E-state index < -0.39 is 0 Å². The second-order valence-corrected chi connectivity index (χ2v) is 4.08. The third-order valence-corrected chi connectivity index (χ3v) is 2.88. The molecule has 4 heteroatoms. The van der Waals surface area contributed by atoms with Crippen LogP contribution in [-0.4, -0.2) is 20.8 Å². The number of rotatable bonds is 7. The summed E-state index contributed by atoms with van der Waals surface area (Å²) in [6, 6.07) is 6.30.